The zero-order valence-electron chi connectivity index (χ0n) is 33.1. The third kappa shape index (κ3) is 12.9. The summed E-state index contributed by atoms with van der Waals surface area (Å²) in [7, 11) is 0. The predicted molar refractivity (Wildman–Crippen MR) is 230 cm³/mol. The Balaban J connectivity index is 1.36. The van der Waals surface area contributed by atoms with E-state index in [1.165, 1.54) is 35.6 Å². The lowest BCUT2D eigenvalue weighted by molar-refractivity contribution is -0.137. The van der Waals surface area contributed by atoms with E-state index in [1.807, 2.05) is 72.1 Å². The van der Waals surface area contributed by atoms with E-state index in [9.17, 15) is 38.7 Å². The summed E-state index contributed by atoms with van der Waals surface area (Å²) >= 11 is 1.40. The van der Waals surface area contributed by atoms with E-state index in [0.717, 1.165) is 16.0 Å². The highest BCUT2D eigenvalue weighted by Gasteiger charge is 2.33. The quantitative estimate of drug-likeness (QED) is 0.0962. The molecule has 1 unspecified atom stereocenters. The first-order chi connectivity index (χ1) is 29.5. The minimum Gasteiger partial charge on any atom is -0.481 e. The van der Waals surface area contributed by atoms with E-state index in [-0.39, 0.29) is 45.1 Å². The minimum absolute atomic E-state index is 0.000233. The van der Waals surface area contributed by atoms with Crippen LogP contribution in [0.25, 0.3) is 11.1 Å². The smallest absolute Gasteiger partial charge is 0.305 e. The summed E-state index contributed by atoms with van der Waals surface area (Å²) in [5.74, 6) is -4.95. The molecule has 0 spiro atoms. The van der Waals surface area contributed by atoms with Crippen molar-refractivity contribution in [3.63, 3.8) is 0 Å². The number of anilines is 1. The number of carbonyl (C=O) groups excluding carboxylic acids is 6. The summed E-state index contributed by atoms with van der Waals surface area (Å²) in [6.07, 6.45) is -0.686. The van der Waals surface area contributed by atoms with Crippen LogP contribution in [-0.4, -0.2) is 71.2 Å². The molecule has 7 rings (SSSR count). The number of hydrogen-bond donors (Lipinski definition) is 7. The Morgan fingerprint density at radius 3 is 1.75 bits per heavy atom. The Morgan fingerprint density at radius 2 is 1.15 bits per heavy atom. The van der Waals surface area contributed by atoms with Crippen LogP contribution in [0.4, 0.5) is 5.69 Å². The molecular formula is C46H46N6O8S. The van der Waals surface area contributed by atoms with Crippen LogP contribution in [0.5, 0.6) is 0 Å². The fraction of sp³-hybridized carbons (Fsp3) is 0.239. The Hall–Kier alpha value is -7.13. The van der Waals surface area contributed by atoms with Gasteiger partial charge in [0.15, 0.2) is 0 Å². The van der Waals surface area contributed by atoms with Gasteiger partial charge >= 0.3 is 5.97 Å². The summed E-state index contributed by atoms with van der Waals surface area (Å²) in [6.45, 7) is -0.215. The molecule has 0 saturated heterocycles. The lowest BCUT2D eigenvalue weighted by atomic mass is 9.99. The molecule has 0 aliphatic carbocycles. The van der Waals surface area contributed by atoms with Gasteiger partial charge in [0, 0.05) is 49.2 Å². The topological polar surface area (TPSA) is 212 Å². The SMILES string of the molecule is O=C(O)CCNC(=O)C1NC(=O)[C@@H](Cc2ccccc2)NC(=O)[C@H](Cc2ccc(-c3ccccc3)cc2)NC(=O)[C@@H](Cc2cccs2)NC(=O)CCC(=O)Nc2ccc1cc2. The molecule has 0 saturated carbocycles. The van der Waals surface area contributed by atoms with Gasteiger partial charge in [0.05, 0.1) is 6.42 Å². The molecule has 0 fully saturated rings. The molecule has 6 amide bonds. The van der Waals surface area contributed by atoms with Crippen LogP contribution in [-0.2, 0) is 52.8 Å². The Kier molecular flexibility index (Phi) is 15.1. The molecule has 2 aliphatic heterocycles. The molecule has 4 aromatic carbocycles. The lowest BCUT2D eigenvalue weighted by Gasteiger charge is -2.27. The number of amides is 6. The van der Waals surface area contributed by atoms with Gasteiger partial charge in [-0.05, 0) is 51.4 Å². The van der Waals surface area contributed by atoms with Crippen LogP contribution in [0, 0.1) is 0 Å². The first-order valence-corrected chi connectivity index (χ1v) is 20.7. The normalized spacial score (nSPS) is 19.0. The van der Waals surface area contributed by atoms with Gasteiger partial charge in [-0.25, -0.2) is 0 Å². The Morgan fingerprint density at radius 1 is 0.590 bits per heavy atom. The van der Waals surface area contributed by atoms with Gasteiger partial charge in [-0.3, -0.25) is 33.6 Å². The van der Waals surface area contributed by atoms with E-state index in [1.54, 1.807) is 30.3 Å². The Bertz CT molecular complexity index is 2310. The molecule has 5 aromatic rings. The van der Waals surface area contributed by atoms with Crippen LogP contribution in [0.15, 0.2) is 127 Å². The zero-order valence-corrected chi connectivity index (χ0v) is 33.9. The van der Waals surface area contributed by atoms with Crippen molar-refractivity contribution < 1.29 is 38.7 Å². The zero-order chi connectivity index (χ0) is 43.1. The lowest BCUT2D eigenvalue weighted by Crippen LogP contribution is -2.58. The van der Waals surface area contributed by atoms with Crippen LogP contribution in [0.3, 0.4) is 0 Å². The van der Waals surface area contributed by atoms with E-state index in [0.29, 0.717) is 22.4 Å². The van der Waals surface area contributed by atoms with Crippen LogP contribution >= 0.6 is 11.3 Å². The van der Waals surface area contributed by atoms with Crippen molar-refractivity contribution in [2.24, 2.45) is 0 Å². The predicted octanol–water partition coefficient (Wildman–Crippen LogP) is 4.08. The second-order valence-corrected chi connectivity index (χ2v) is 15.6. The van der Waals surface area contributed by atoms with Crippen molar-refractivity contribution in [1.82, 2.24) is 26.6 Å². The third-order valence-electron chi connectivity index (χ3n) is 9.98. The van der Waals surface area contributed by atoms with Crippen LogP contribution in [0.2, 0.25) is 0 Å². The number of thiophene rings is 1. The van der Waals surface area contributed by atoms with Crippen molar-refractivity contribution >= 4 is 58.4 Å². The molecule has 61 heavy (non-hydrogen) atoms. The van der Waals surface area contributed by atoms with Crippen molar-refractivity contribution in [2.45, 2.75) is 62.7 Å². The minimum atomic E-state index is -1.34. The summed E-state index contributed by atoms with van der Waals surface area (Å²) in [4.78, 5) is 95.0. The number of carbonyl (C=O) groups is 7. The van der Waals surface area contributed by atoms with E-state index < -0.39 is 65.6 Å². The molecule has 4 atom stereocenters. The Labute approximate surface area is 356 Å². The van der Waals surface area contributed by atoms with Gasteiger partial charge in [-0.1, -0.05) is 103 Å². The molecule has 2 bridgehead atoms. The van der Waals surface area contributed by atoms with Gasteiger partial charge in [0.25, 0.3) is 0 Å². The third-order valence-corrected chi connectivity index (χ3v) is 10.9. The van der Waals surface area contributed by atoms with Crippen molar-refractivity contribution in [2.75, 3.05) is 11.9 Å². The number of carboxylic acids is 1. The highest BCUT2D eigenvalue weighted by atomic mass is 32.1. The highest BCUT2D eigenvalue weighted by molar-refractivity contribution is 7.09. The van der Waals surface area contributed by atoms with Gasteiger partial charge in [-0.15, -0.1) is 11.3 Å². The number of hydrogen-bond acceptors (Lipinski definition) is 8. The van der Waals surface area contributed by atoms with E-state index in [2.05, 4.69) is 31.9 Å². The van der Waals surface area contributed by atoms with Crippen molar-refractivity contribution in [3.8, 4) is 11.1 Å². The molecule has 3 heterocycles. The molecular weight excluding hydrogens is 797 g/mol. The number of aliphatic carboxylic acids is 1. The second-order valence-electron chi connectivity index (χ2n) is 14.5. The summed E-state index contributed by atoms with van der Waals surface area (Å²) in [5.41, 5.74) is 3.98. The van der Waals surface area contributed by atoms with Crippen molar-refractivity contribution in [3.05, 3.63) is 148 Å². The highest BCUT2D eigenvalue weighted by Crippen LogP contribution is 2.21. The first kappa shape index (κ1) is 43.4. The monoisotopic (exact) mass is 842 g/mol. The average molecular weight is 843 g/mol. The maximum Gasteiger partial charge on any atom is 0.305 e. The number of nitrogens with one attached hydrogen (secondary N) is 6. The molecule has 2 aliphatic rings. The second kappa shape index (κ2) is 21.2. The molecule has 14 nitrogen and oxygen atoms in total. The molecule has 0 radical (unpaired) electrons. The van der Waals surface area contributed by atoms with Gasteiger partial charge in [0.1, 0.15) is 24.2 Å². The first-order valence-electron chi connectivity index (χ1n) is 19.8. The van der Waals surface area contributed by atoms with Crippen LogP contribution < -0.4 is 31.9 Å². The van der Waals surface area contributed by atoms with Gasteiger partial charge in [0.2, 0.25) is 35.4 Å². The molecule has 7 N–H and O–H groups in total. The summed E-state index contributed by atoms with van der Waals surface area (Å²) < 4.78 is 0. The van der Waals surface area contributed by atoms with Crippen molar-refractivity contribution in [1.29, 1.82) is 0 Å². The number of benzene rings is 4. The molecule has 15 heteroatoms. The fourth-order valence-electron chi connectivity index (χ4n) is 6.77. The molecule has 1 aromatic heterocycles. The van der Waals surface area contributed by atoms with Gasteiger partial charge < -0.3 is 37.0 Å². The van der Waals surface area contributed by atoms with Gasteiger partial charge in [-0.2, -0.15) is 0 Å². The maximum atomic E-state index is 14.5. The fourth-order valence-corrected chi connectivity index (χ4v) is 7.52. The molecule has 314 valence electrons. The standard InChI is InChI=1S/C46H46N6O8S/c53-39-21-22-40(54)49-38(28-35-12-7-25-61-35)44(58)50-36(27-30-13-15-32(16-14-30)31-10-5-2-6-11-31)43(57)51-37(26-29-8-3-1-4-9-29)45(59)52-42(46(60)47-24-23-41(55)56)33-17-19-34(48-39)20-18-33/h1-20,25,36-38,42H,21-24,26-28H2,(H,47,60)(H,48,53)(H,49,54)(H,50,58)(H,51,57)(H,52,59)(H,55,56)/t36-,37+,38+,42?/m0/s1. The summed E-state index contributed by atoms with van der Waals surface area (Å²) in [5, 5.41) is 27.5. The van der Waals surface area contributed by atoms with E-state index in [4.69, 9.17) is 0 Å². The summed E-state index contributed by atoms with van der Waals surface area (Å²) in [6, 6.07) is 31.0. The average Bonchev–Trinajstić information content (AvgIpc) is 3.78. The maximum absolute atomic E-state index is 14.5. The van der Waals surface area contributed by atoms with E-state index >= 15 is 0 Å². The largest absolute Gasteiger partial charge is 0.481 e. The number of rotatable bonds is 11. The number of fused-ring (bicyclic) bond motifs is 17. The number of carboxylic acid groups (broad SMARTS) is 1. The van der Waals surface area contributed by atoms with Crippen LogP contribution in [0.1, 0.15) is 46.9 Å².